The van der Waals surface area contributed by atoms with E-state index in [1.54, 1.807) is 12.1 Å². The van der Waals surface area contributed by atoms with Gasteiger partial charge in [-0.1, -0.05) is 6.92 Å². The second kappa shape index (κ2) is 5.90. The largest absolute Gasteiger partial charge is 0.384 e. The summed E-state index contributed by atoms with van der Waals surface area (Å²) in [4.78, 5) is 2.10. The number of nitrogens with two attached hydrogens (primary N) is 1. The second-order valence-electron chi connectivity index (χ2n) is 5.06. The zero-order chi connectivity index (χ0) is 14.0. The molecule has 0 unspecified atom stereocenters. The third kappa shape index (κ3) is 3.26. The van der Waals surface area contributed by atoms with E-state index in [1.165, 1.54) is 12.8 Å². The van der Waals surface area contributed by atoms with Crippen LogP contribution in [0.4, 0.5) is 10.1 Å². The van der Waals surface area contributed by atoms with Crippen LogP contribution >= 0.6 is 15.9 Å². The third-order valence-corrected chi connectivity index (χ3v) is 4.14. The van der Waals surface area contributed by atoms with Crippen molar-refractivity contribution in [2.75, 3.05) is 18.0 Å². The Labute approximate surface area is 121 Å². The monoisotopic (exact) mass is 327 g/mol. The zero-order valence-electron chi connectivity index (χ0n) is 11.0. The lowest BCUT2D eigenvalue weighted by atomic mass is 10.1. The van der Waals surface area contributed by atoms with Crippen LogP contribution in [0, 0.1) is 17.1 Å². The van der Waals surface area contributed by atoms with Crippen molar-refractivity contribution in [1.29, 1.82) is 5.41 Å². The van der Waals surface area contributed by atoms with E-state index >= 15 is 0 Å². The highest BCUT2D eigenvalue weighted by molar-refractivity contribution is 9.10. The summed E-state index contributed by atoms with van der Waals surface area (Å²) in [5, 5.41) is 7.42. The maximum absolute atomic E-state index is 14.4. The van der Waals surface area contributed by atoms with Crippen molar-refractivity contribution < 1.29 is 4.39 Å². The number of hydrogen-bond acceptors (Lipinski definition) is 2. The third-order valence-electron chi connectivity index (χ3n) is 3.36. The summed E-state index contributed by atoms with van der Waals surface area (Å²) in [5.74, 6) is 0.264. The zero-order valence-corrected chi connectivity index (χ0v) is 12.6. The van der Waals surface area contributed by atoms with Crippen LogP contribution in [0.1, 0.15) is 31.7 Å². The first-order chi connectivity index (χ1) is 9.04. The molecule has 0 radical (unpaired) electrons. The molecule has 0 amide bonds. The quantitative estimate of drug-likeness (QED) is 0.620. The van der Waals surface area contributed by atoms with Gasteiger partial charge in [0.15, 0.2) is 5.82 Å². The lowest BCUT2D eigenvalue weighted by Crippen LogP contribution is -2.28. The van der Waals surface area contributed by atoms with E-state index in [4.69, 9.17) is 11.1 Å². The maximum Gasteiger partial charge on any atom is 0.161 e. The molecule has 0 saturated heterocycles. The van der Waals surface area contributed by atoms with Crippen LogP contribution in [0.5, 0.6) is 0 Å². The van der Waals surface area contributed by atoms with Crippen molar-refractivity contribution in [3.05, 3.63) is 28.0 Å². The Balaban J connectivity index is 2.30. The molecule has 3 N–H and O–H groups in total. The van der Waals surface area contributed by atoms with Crippen LogP contribution in [-0.4, -0.2) is 18.9 Å². The van der Waals surface area contributed by atoms with E-state index in [1.807, 2.05) is 0 Å². The fourth-order valence-electron chi connectivity index (χ4n) is 2.18. The van der Waals surface area contributed by atoms with Gasteiger partial charge >= 0.3 is 0 Å². The van der Waals surface area contributed by atoms with Gasteiger partial charge in [-0.05, 0) is 53.2 Å². The Morgan fingerprint density at radius 3 is 2.74 bits per heavy atom. The predicted molar refractivity (Wildman–Crippen MR) is 80.3 cm³/mol. The summed E-state index contributed by atoms with van der Waals surface area (Å²) in [6, 6.07) is 3.44. The Hall–Kier alpha value is -1.10. The van der Waals surface area contributed by atoms with Gasteiger partial charge < -0.3 is 10.6 Å². The maximum atomic E-state index is 14.4. The summed E-state index contributed by atoms with van der Waals surface area (Å²) in [6.07, 6.45) is 3.47. The van der Waals surface area contributed by atoms with E-state index in [0.717, 1.165) is 19.5 Å². The number of rotatable bonds is 6. The normalized spacial score (nSPS) is 14.5. The van der Waals surface area contributed by atoms with E-state index in [-0.39, 0.29) is 16.1 Å². The lowest BCUT2D eigenvalue weighted by molar-refractivity contribution is 0.602. The van der Waals surface area contributed by atoms with Crippen molar-refractivity contribution >= 4 is 27.5 Å². The van der Waals surface area contributed by atoms with Gasteiger partial charge in [0.25, 0.3) is 0 Å². The number of nitrogens with zero attached hydrogens (tertiary/aromatic N) is 1. The fourth-order valence-corrected chi connectivity index (χ4v) is 2.73. The van der Waals surface area contributed by atoms with Gasteiger partial charge in [-0.3, -0.25) is 5.41 Å². The van der Waals surface area contributed by atoms with Crippen molar-refractivity contribution in [2.45, 2.75) is 26.2 Å². The molecule has 3 nitrogen and oxygen atoms in total. The van der Waals surface area contributed by atoms with Gasteiger partial charge in [-0.15, -0.1) is 0 Å². The van der Waals surface area contributed by atoms with Crippen LogP contribution in [0.3, 0.4) is 0 Å². The fraction of sp³-hybridized carbons (Fsp3) is 0.500. The van der Waals surface area contributed by atoms with Gasteiger partial charge in [0.05, 0.1) is 10.2 Å². The van der Waals surface area contributed by atoms with E-state index in [9.17, 15) is 4.39 Å². The standard InChI is InChI=1S/C14H19BrFN3/c1-2-7-19(8-9-3-4-9)11-6-5-10(14(17)18)12(15)13(11)16/h5-6,9H,2-4,7-8H2,1H3,(H3,17,18). The number of amidine groups is 1. The minimum absolute atomic E-state index is 0.124. The van der Waals surface area contributed by atoms with Crippen LogP contribution in [0.25, 0.3) is 0 Å². The Morgan fingerprint density at radius 1 is 1.53 bits per heavy atom. The molecule has 1 saturated carbocycles. The average molecular weight is 328 g/mol. The predicted octanol–water partition coefficient (Wildman–Crippen LogP) is 3.50. The SMILES string of the molecule is CCCN(CC1CC1)c1ccc(C(=N)N)c(Br)c1F. The Kier molecular flexibility index (Phi) is 4.45. The average Bonchev–Trinajstić information content (AvgIpc) is 3.15. The molecule has 0 atom stereocenters. The van der Waals surface area contributed by atoms with Crippen LogP contribution < -0.4 is 10.6 Å². The molecule has 0 aliphatic heterocycles. The topological polar surface area (TPSA) is 53.1 Å². The molecule has 104 valence electrons. The molecule has 1 aliphatic rings. The van der Waals surface area contributed by atoms with Crippen molar-refractivity contribution in [1.82, 2.24) is 0 Å². The summed E-state index contributed by atoms with van der Waals surface area (Å²) in [7, 11) is 0. The summed E-state index contributed by atoms with van der Waals surface area (Å²) in [5.41, 5.74) is 6.44. The molecule has 0 spiro atoms. The Morgan fingerprint density at radius 2 is 2.21 bits per heavy atom. The van der Waals surface area contributed by atoms with E-state index < -0.39 is 0 Å². The summed E-state index contributed by atoms with van der Waals surface area (Å²) >= 11 is 3.21. The first-order valence-corrected chi connectivity index (χ1v) is 7.41. The number of hydrogen-bond donors (Lipinski definition) is 2. The van der Waals surface area contributed by atoms with Gasteiger partial charge in [-0.25, -0.2) is 4.39 Å². The smallest absolute Gasteiger partial charge is 0.161 e. The molecule has 5 heteroatoms. The first-order valence-electron chi connectivity index (χ1n) is 6.62. The van der Waals surface area contributed by atoms with Crippen LogP contribution in [0.15, 0.2) is 16.6 Å². The minimum Gasteiger partial charge on any atom is -0.384 e. The van der Waals surface area contributed by atoms with Crippen molar-refractivity contribution in [3.63, 3.8) is 0 Å². The Bertz CT molecular complexity index is 486. The molecular weight excluding hydrogens is 309 g/mol. The molecular formula is C14H19BrFN3. The molecule has 1 aromatic rings. The molecule has 0 bridgehead atoms. The number of halogens is 2. The highest BCUT2D eigenvalue weighted by atomic mass is 79.9. The van der Waals surface area contributed by atoms with Crippen molar-refractivity contribution in [2.24, 2.45) is 11.7 Å². The molecule has 0 aromatic heterocycles. The van der Waals surface area contributed by atoms with E-state index in [0.29, 0.717) is 17.2 Å². The minimum atomic E-state index is -0.318. The highest BCUT2D eigenvalue weighted by Crippen LogP contribution is 2.34. The second-order valence-corrected chi connectivity index (χ2v) is 5.86. The number of benzene rings is 1. The van der Waals surface area contributed by atoms with Gasteiger partial charge in [0, 0.05) is 18.7 Å². The summed E-state index contributed by atoms with van der Waals surface area (Å²) < 4.78 is 14.7. The molecule has 0 heterocycles. The molecule has 1 aromatic carbocycles. The lowest BCUT2D eigenvalue weighted by Gasteiger charge is -2.25. The van der Waals surface area contributed by atoms with Crippen molar-refractivity contribution in [3.8, 4) is 0 Å². The first kappa shape index (κ1) is 14.3. The molecule has 1 fully saturated rings. The molecule has 1 aliphatic carbocycles. The number of nitrogens with one attached hydrogen (secondary N) is 1. The van der Waals surface area contributed by atoms with Crippen LogP contribution in [-0.2, 0) is 0 Å². The highest BCUT2D eigenvalue weighted by Gasteiger charge is 2.26. The number of anilines is 1. The molecule has 19 heavy (non-hydrogen) atoms. The molecule has 2 rings (SSSR count). The van der Waals surface area contributed by atoms with Gasteiger partial charge in [0.1, 0.15) is 5.84 Å². The van der Waals surface area contributed by atoms with Crippen LogP contribution in [0.2, 0.25) is 0 Å². The van der Waals surface area contributed by atoms with E-state index in [2.05, 4.69) is 27.8 Å². The number of nitrogen functional groups attached to an aromatic ring is 1. The summed E-state index contributed by atoms with van der Waals surface area (Å²) in [6.45, 7) is 3.85. The van der Waals surface area contributed by atoms with Gasteiger partial charge in [-0.2, -0.15) is 0 Å². The van der Waals surface area contributed by atoms with Gasteiger partial charge in [0.2, 0.25) is 0 Å².